The van der Waals surface area contributed by atoms with Crippen LogP contribution < -0.4 is 0 Å². The second-order valence-electron chi connectivity index (χ2n) is 3.84. The van der Waals surface area contributed by atoms with E-state index in [1.54, 1.807) is 14.0 Å². The molecule has 0 aliphatic rings. The van der Waals surface area contributed by atoms with Crippen molar-refractivity contribution in [2.24, 2.45) is 0 Å². The van der Waals surface area contributed by atoms with Gasteiger partial charge in [0.1, 0.15) is 5.56 Å². The van der Waals surface area contributed by atoms with Crippen LogP contribution in [-0.2, 0) is 0 Å². The quantitative estimate of drug-likeness (QED) is 0.486. The lowest BCUT2D eigenvalue weighted by Gasteiger charge is -2.22. The van der Waals surface area contributed by atoms with Gasteiger partial charge in [-0.1, -0.05) is 11.6 Å². The summed E-state index contributed by atoms with van der Waals surface area (Å²) in [5, 5.41) is 11.1. The molecule has 0 saturated heterocycles. The van der Waals surface area contributed by atoms with Gasteiger partial charge in [-0.2, -0.15) is 0 Å². The summed E-state index contributed by atoms with van der Waals surface area (Å²) in [5.41, 5.74) is -0.301. The van der Waals surface area contributed by atoms with Crippen molar-refractivity contribution in [3.8, 4) is 0 Å². The largest absolute Gasteiger partial charge is 0.338 e. The Morgan fingerprint density at radius 2 is 2.17 bits per heavy atom. The molecule has 1 rings (SSSR count). The first-order valence-corrected chi connectivity index (χ1v) is 6.06. The van der Waals surface area contributed by atoms with E-state index in [-0.39, 0.29) is 28.2 Å². The molecule has 1 aromatic carbocycles. The molecule has 0 fully saturated rings. The maximum atomic E-state index is 12.1. The van der Waals surface area contributed by atoms with Gasteiger partial charge in [-0.25, -0.2) is 0 Å². The van der Waals surface area contributed by atoms with Gasteiger partial charge in [0.05, 0.1) is 4.92 Å². The minimum atomic E-state index is -0.608. The van der Waals surface area contributed by atoms with Crippen LogP contribution in [-0.4, -0.2) is 34.7 Å². The molecule has 98 valence electrons. The zero-order chi connectivity index (χ0) is 13.9. The van der Waals surface area contributed by atoms with Crippen LogP contribution in [0.15, 0.2) is 18.2 Å². The summed E-state index contributed by atoms with van der Waals surface area (Å²) < 4.78 is 0. The number of hydrogen-bond acceptors (Lipinski definition) is 3. The van der Waals surface area contributed by atoms with Gasteiger partial charge in [0.15, 0.2) is 0 Å². The van der Waals surface area contributed by atoms with E-state index in [2.05, 4.69) is 0 Å². The summed E-state index contributed by atoms with van der Waals surface area (Å²) in [6.07, 6.45) is 0. The summed E-state index contributed by atoms with van der Waals surface area (Å²) in [7, 11) is 1.54. The molecule has 1 unspecified atom stereocenters. The highest BCUT2D eigenvalue weighted by Gasteiger charge is 2.25. The molecule has 1 aromatic rings. The molecular weight excluding hydrogens is 279 g/mol. The topological polar surface area (TPSA) is 63.5 Å². The fourth-order valence-electron chi connectivity index (χ4n) is 1.33. The fourth-order valence-corrected chi connectivity index (χ4v) is 1.71. The predicted molar refractivity (Wildman–Crippen MR) is 70.4 cm³/mol. The first-order chi connectivity index (χ1) is 8.38. The van der Waals surface area contributed by atoms with Crippen molar-refractivity contribution in [1.29, 1.82) is 0 Å². The number of hydrogen-bond donors (Lipinski definition) is 0. The van der Waals surface area contributed by atoms with E-state index in [4.69, 9.17) is 23.2 Å². The van der Waals surface area contributed by atoms with E-state index >= 15 is 0 Å². The molecule has 0 N–H and O–H groups in total. The Kier molecular flexibility index (Phi) is 4.93. The highest BCUT2D eigenvalue weighted by molar-refractivity contribution is 6.31. The van der Waals surface area contributed by atoms with Gasteiger partial charge in [0.2, 0.25) is 0 Å². The number of alkyl halides is 1. The van der Waals surface area contributed by atoms with Crippen molar-refractivity contribution < 1.29 is 9.72 Å². The lowest BCUT2D eigenvalue weighted by Crippen LogP contribution is -2.36. The Balaban J connectivity index is 3.19. The number of nitro groups is 1. The Labute approximate surface area is 114 Å². The van der Waals surface area contributed by atoms with Crippen molar-refractivity contribution >= 4 is 34.8 Å². The summed E-state index contributed by atoms with van der Waals surface area (Å²) in [6, 6.07) is 3.66. The molecular formula is C11H12Cl2N2O3. The number of halogens is 2. The molecule has 0 radical (unpaired) electrons. The van der Waals surface area contributed by atoms with Crippen LogP contribution in [0.1, 0.15) is 17.3 Å². The van der Waals surface area contributed by atoms with E-state index in [0.29, 0.717) is 0 Å². The van der Waals surface area contributed by atoms with Crippen LogP contribution in [0, 0.1) is 10.1 Å². The number of nitro benzene ring substituents is 1. The Morgan fingerprint density at radius 3 is 2.67 bits per heavy atom. The maximum absolute atomic E-state index is 12.1. The van der Waals surface area contributed by atoms with Crippen molar-refractivity contribution in [2.45, 2.75) is 13.0 Å². The third-order valence-corrected chi connectivity index (χ3v) is 3.27. The summed E-state index contributed by atoms with van der Waals surface area (Å²) in [4.78, 5) is 23.7. The lowest BCUT2D eigenvalue weighted by atomic mass is 10.1. The fraction of sp³-hybridized carbons (Fsp3) is 0.364. The molecule has 1 atom stereocenters. The predicted octanol–water partition coefficient (Wildman–Crippen LogP) is 2.95. The van der Waals surface area contributed by atoms with Crippen molar-refractivity contribution in [2.75, 3.05) is 12.9 Å². The zero-order valence-electron chi connectivity index (χ0n) is 9.89. The van der Waals surface area contributed by atoms with Gasteiger partial charge in [-0.15, -0.1) is 11.6 Å². The van der Waals surface area contributed by atoms with Crippen molar-refractivity contribution in [3.05, 3.63) is 38.9 Å². The van der Waals surface area contributed by atoms with Crippen LogP contribution in [0.5, 0.6) is 0 Å². The highest BCUT2D eigenvalue weighted by Crippen LogP contribution is 2.24. The third-order valence-electron chi connectivity index (χ3n) is 2.59. The molecule has 0 saturated carbocycles. The highest BCUT2D eigenvalue weighted by atomic mass is 35.5. The second-order valence-corrected chi connectivity index (χ2v) is 4.58. The zero-order valence-corrected chi connectivity index (χ0v) is 11.4. The Morgan fingerprint density at radius 1 is 1.56 bits per heavy atom. The first kappa shape index (κ1) is 14.7. The van der Waals surface area contributed by atoms with E-state index in [1.807, 2.05) is 0 Å². The molecule has 18 heavy (non-hydrogen) atoms. The van der Waals surface area contributed by atoms with E-state index in [1.165, 1.54) is 23.1 Å². The molecule has 0 aliphatic carbocycles. The van der Waals surface area contributed by atoms with Gasteiger partial charge >= 0.3 is 0 Å². The van der Waals surface area contributed by atoms with Gasteiger partial charge in [-0.05, 0) is 19.1 Å². The molecule has 0 aromatic heterocycles. The lowest BCUT2D eigenvalue weighted by molar-refractivity contribution is -0.385. The van der Waals surface area contributed by atoms with Crippen LogP contribution in [0.25, 0.3) is 0 Å². The standard InChI is InChI=1S/C11H12Cl2N2O3/c1-7(6-12)14(2)11(16)9-5-8(13)3-4-10(9)15(17)18/h3-5,7H,6H2,1-2H3. The average Bonchev–Trinajstić information content (AvgIpc) is 2.35. The van der Waals surface area contributed by atoms with E-state index < -0.39 is 10.8 Å². The van der Waals surface area contributed by atoms with E-state index in [9.17, 15) is 14.9 Å². The van der Waals surface area contributed by atoms with Gasteiger partial charge in [0.25, 0.3) is 11.6 Å². The number of rotatable bonds is 4. The molecule has 5 nitrogen and oxygen atoms in total. The van der Waals surface area contributed by atoms with Crippen LogP contribution >= 0.6 is 23.2 Å². The SMILES string of the molecule is CC(CCl)N(C)C(=O)c1cc(Cl)ccc1[N+](=O)[O-]. The third kappa shape index (κ3) is 3.11. The molecule has 7 heteroatoms. The molecule has 0 heterocycles. The Hall–Kier alpha value is -1.33. The second kappa shape index (κ2) is 6.02. The number of carbonyl (C=O) groups excluding carboxylic acids is 1. The summed E-state index contributed by atoms with van der Waals surface area (Å²) in [6.45, 7) is 1.75. The number of carbonyl (C=O) groups is 1. The molecule has 0 bridgehead atoms. The number of nitrogens with zero attached hydrogens (tertiary/aromatic N) is 2. The molecule has 0 aliphatic heterocycles. The maximum Gasteiger partial charge on any atom is 0.282 e. The minimum absolute atomic E-state index is 0.0352. The van der Waals surface area contributed by atoms with Gasteiger partial charge in [0, 0.05) is 30.1 Å². The van der Waals surface area contributed by atoms with Crippen LogP contribution in [0.4, 0.5) is 5.69 Å². The first-order valence-electron chi connectivity index (χ1n) is 5.15. The number of benzene rings is 1. The number of amides is 1. The minimum Gasteiger partial charge on any atom is -0.338 e. The average molecular weight is 291 g/mol. The smallest absolute Gasteiger partial charge is 0.282 e. The van der Waals surface area contributed by atoms with Gasteiger partial charge < -0.3 is 4.90 Å². The van der Waals surface area contributed by atoms with E-state index in [0.717, 1.165) is 0 Å². The van der Waals surface area contributed by atoms with Gasteiger partial charge in [-0.3, -0.25) is 14.9 Å². The van der Waals surface area contributed by atoms with Crippen LogP contribution in [0.2, 0.25) is 5.02 Å². The Bertz CT molecular complexity index is 479. The van der Waals surface area contributed by atoms with Crippen LogP contribution in [0.3, 0.4) is 0 Å². The summed E-state index contributed by atoms with van der Waals surface area (Å²) in [5.74, 6) is -0.228. The monoisotopic (exact) mass is 290 g/mol. The molecule has 0 spiro atoms. The van der Waals surface area contributed by atoms with Crippen molar-refractivity contribution in [1.82, 2.24) is 4.90 Å². The van der Waals surface area contributed by atoms with Crippen molar-refractivity contribution in [3.63, 3.8) is 0 Å². The summed E-state index contributed by atoms with van der Waals surface area (Å²) >= 11 is 11.4. The molecule has 1 amide bonds. The normalized spacial score (nSPS) is 12.0.